The number of nitrogens with zero attached hydrogens (tertiary/aromatic N) is 1. The van der Waals surface area contributed by atoms with Crippen LogP contribution >= 0.6 is 0 Å². The summed E-state index contributed by atoms with van der Waals surface area (Å²) in [5.41, 5.74) is 0. The maximum Gasteiger partial charge on any atom is 3.00 e. The zero-order chi connectivity index (χ0) is 25.3. The Morgan fingerprint density at radius 3 is 1.00 bits per heavy atom. The van der Waals surface area contributed by atoms with Gasteiger partial charge in [0.05, 0.1) is 26.2 Å². The molecule has 1 aliphatic rings. The molecule has 1 heterocycles. The van der Waals surface area contributed by atoms with Crippen molar-refractivity contribution in [2.45, 2.75) is 62.4 Å². The normalized spacial score (nSPS) is 16.6. The molecule has 190 valence electrons. The fraction of sp³-hybridized carbons (Fsp3) is 1.00. The number of hydrogen-bond acceptors (Lipinski definition) is 6. The van der Waals surface area contributed by atoms with Crippen LogP contribution in [-0.4, -0.2) is 53.5 Å². The first-order valence-corrected chi connectivity index (χ1v) is 10.8. The van der Waals surface area contributed by atoms with E-state index in [2.05, 4.69) is 13.8 Å². The van der Waals surface area contributed by atoms with E-state index in [1.165, 1.54) is 56.3 Å². The Morgan fingerprint density at radius 2 is 0.875 bits per heavy atom. The molecule has 18 heteroatoms. The molecule has 0 N–H and O–H groups in total. The third-order valence-electron chi connectivity index (χ3n) is 3.99. The van der Waals surface area contributed by atoms with Crippen LogP contribution < -0.4 is 0 Å². The maximum absolute atomic E-state index is 11.3. The molecule has 0 aliphatic carbocycles. The van der Waals surface area contributed by atoms with Gasteiger partial charge in [-0.3, -0.25) is 0 Å². The third-order valence-corrected chi connectivity index (χ3v) is 5.29. The van der Waals surface area contributed by atoms with Crippen molar-refractivity contribution in [2.24, 2.45) is 0 Å². The van der Waals surface area contributed by atoms with Gasteiger partial charge in [0, 0.05) is 34.2 Å². The molecular formula is C14H22F10NO4S2Y+2. The average Bonchev–Trinajstić information content (AvgIpc) is 3.02. The van der Waals surface area contributed by atoms with Crippen molar-refractivity contribution in [3.8, 4) is 0 Å². The van der Waals surface area contributed by atoms with Gasteiger partial charge in [0.15, 0.2) is 0 Å². The molecule has 5 nitrogen and oxygen atoms in total. The Bertz CT molecular complexity index is 620. The van der Waals surface area contributed by atoms with Gasteiger partial charge in [0.2, 0.25) is 0 Å². The predicted octanol–water partition coefficient (Wildman–Crippen LogP) is 5.32. The van der Waals surface area contributed by atoms with Crippen molar-refractivity contribution < 1.29 is 97.9 Å². The number of likely N-dealkylation sites (tertiary alicyclic amines) is 1. The second-order valence-corrected chi connectivity index (χ2v) is 8.41. The Labute approximate surface area is 207 Å². The first-order valence-electron chi connectivity index (χ1n) is 8.64. The maximum atomic E-state index is 11.3. The SMILES string of the molecule is CCC[N+]1(CCC)CCCC1.O=[S-](=O)C(F)(F)C(F)(F)F.O=[S-](=O)C(F)(F)C(F)(F)F.[Y+3]. The number of halogens is 10. The second-order valence-electron chi connectivity index (χ2n) is 6.44. The summed E-state index contributed by atoms with van der Waals surface area (Å²) in [6.07, 6.45) is -6.39. The summed E-state index contributed by atoms with van der Waals surface area (Å²) < 4.78 is 149. The van der Waals surface area contributed by atoms with Gasteiger partial charge in [0.25, 0.3) is 0 Å². The molecule has 0 amide bonds. The van der Waals surface area contributed by atoms with Crippen molar-refractivity contribution in [2.75, 3.05) is 26.2 Å². The number of hydrogen-bond donors (Lipinski definition) is 0. The van der Waals surface area contributed by atoms with Crippen LogP contribution in [0.5, 0.6) is 0 Å². The molecular weight excluding hydrogens is 589 g/mol. The van der Waals surface area contributed by atoms with Crippen molar-refractivity contribution in [1.29, 1.82) is 0 Å². The number of alkyl halides is 10. The van der Waals surface area contributed by atoms with Gasteiger partial charge in [-0.2, -0.15) is 26.3 Å². The smallest absolute Gasteiger partial charge is 0.418 e. The van der Waals surface area contributed by atoms with Gasteiger partial charge in [-0.1, -0.05) is 13.8 Å². The van der Waals surface area contributed by atoms with Crippen molar-refractivity contribution in [3.63, 3.8) is 0 Å². The minimum absolute atomic E-state index is 0. The van der Waals surface area contributed by atoms with Gasteiger partial charge in [-0.15, -0.1) is 0 Å². The zero-order valence-electron chi connectivity index (χ0n) is 16.9. The number of rotatable bonds is 6. The van der Waals surface area contributed by atoms with E-state index in [0.29, 0.717) is 0 Å². The second kappa shape index (κ2) is 14.6. The average molecular weight is 611 g/mol. The molecule has 0 unspecified atom stereocenters. The molecule has 0 aromatic carbocycles. The van der Waals surface area contributed by atoms with Crippen LogP contribution in [0, 0.1) is 0 Å². The van der Waals surface area contributed by atoms with Gasteiger partial charge < -0.3 is 21.3 Å². The van der Waals surface area contributed by atoms with E-state index in [0.717, 1.165) is 0 Å². The molecule has 0 aromatic rings. The molecule has 0 bridgehead atoms. The monoisotopic (exact) mass is 611 g/mol. The van der Waals surface area contributed by atoms with Crippen LogP contribution in [-0.2, 0) is 71.0 Å². The molecule has 32 heavy (non-hydrogen) atoms. The summed E-state index contributed by atoms with van der Waals surface area (Å²) in [6.45, 7) is 10.4. The van der Waals surface area contributed by atoms with E-state index in [9.17, 15) is 60.7 Å². The minimum Gasteiger partial charge on any atom is -0.418 e. The van der Waals surface area contributed by atoms with Crippen molar-refractivity contribution in [3.05, 3.63) is 0 Å². The minimum atomic E-state index is -6.03. The van der Waals surface area contributed by atoms with E-state index < -0.39 is 44.3 Å². The van der Waals surface area contributed by atoms with Gasteiger partial charge in [-0.05, 0) is 12.8 Å². The summed E-state index contributed by atoms with van der Waals surface area (Å²) in [5, 5.41) is -11.3. The van der Waals surface area contributed by atoms with Crippen molar-refractivity contribution in [1.82, 2.24) is 0 Å². The molecule has 0 atom stereocenters. The summed E-state index contributed by atoms with van der Waals surface area (Å²) >= 11 is 0. The van der Waals surface area contributed by atoms with Crippen LogP contribution in [0.25, 0.3) is 0 Å². The van der Waals surface area contributed by atoms with Crippen LogP contribution in [0.2, 0.25) is 0 Å². The van der Waals surface area contributed by atoms with Crippen LogP contribution in [0.4, 0.5) is 43.9 Å². The largest absolute Gasteiger partial charge is 3.00 e. The van der Waals surface area contributed by atoms with Crippen molar-refractivity contribution >= 4 is 21.4 Å². The van der Waals surface area contributed by atoms with Crippen LogP contribution in [0.3, 0.4) is 0 Å². The van der Waals surface area contributed by atoms with Crippen LogP contribution in [0.1, 0.15) is 39.5 Å². The quantitative estimate of drug-likeness (QED) is 0.232. The first kappa shape index (κ1) is 36.8. The predicted molar refractivity (Wildman–Crippen MR) is 89.0 cm³/mol. The van der Waals surface area contributed by atoms with E-state index in [1.54, 1.807) is 0 Å². The standard InChI is InChI=1S/C10H22N.2C2F5O2S.Y/c1-3-7-11(8-4-2)9-5-6-10-11;2*3-1(4,5)2(6,7)10(8)9;/h3-10H2,1-2H3;;;/q+1;2*-1;+3. The topological polar surface area (TPSA) is 68.3 Å². The van der Waals surface area contributed by atoms with Gasteiger partial charge in [0.1, 0.15) is 0 Å². The molecule has 0 spiro atoms. The Hall–Kier alpha value is 0.264. The van der Waals surface area contributed by atoms with E-state index in [1.807, 2.05) is 0 Å². The van der Waals surface area contributed by atoms with Gasteiger partial charge in [-0.25, -0.2) is 17.6 Å². The first-order chi connectivity index (χ1) is 13.7. The Morgan fingerprint density at radius 1 is 0.625 bits per heavy atom. The Kier molecular flexibility index (Phi) is 16.8. The molecule has 1 rings (SSSR count). The zero-order valence-corrected chi connectivity index (χ0v) is 21.4. The molecule has 0 aromatic heterocycles. The Balaban J connectivity index is -0.000000389. The third kappa shape index (κ3) is 11.6. The summed E-state index contributed by atoms with van der Waals surface area (Å²) in [6, 6.07) is 0. The molecule has 1 saturated heterocycles. The molecule has 0 radical (unpaired) electrons. The van der Waals surface area contributed by atoms with E-state index >= 15 is 0 Å². The molecule has 1 fully saturated rings. The van der Waals surface area contributed by atoms with Crippen LogP contribution in [0.15, 0.2) is 0 Å². The summed E-state index contributed by atoms with van der Waals surface area (Å²) in [7, 11) is -8.91. The fourth-order valence-corrected chi connectivity index (χ4v) is 3.08. The fourth-order valence-electron chi connectivity index (χ4n) is 2.70. The molecule has 0 saturated carbocycles. The number of quaternary nitrogens is 1. The van der Waals surface area contributed by atoms with E-state index in [-0.39, 0.29) is 32.7 Å². The molecule has 1 aliphatic heterocycles. The summed E-state index contributed by atoms with van der Waals surface area (Å²) in [4.78, 5) is 0. The van der Waals surface area contributed by atoms with E-state index in [4.69, 9.17) is 0 Å². The van der Waals surface area contributed by atoms with Gasteiger partial charge >= 0.3 is 55.6 Å². The summed E-state index contributed by atoms with van der Waals surface area (Å²) in [5.74, 6) is 0.